The van der Waals surface area contributed by atoms with Gasteiger partial charge in [0.2, 0.25) is 11.8 Å². The molecule has 2 N–H and O–H groups in total. The number of thiazole rings is 1. The molecule has 0 spiro atoms. The van der Waals surface area contributed by atoms with E-state index in [9.17, 15) is 9.59 Å². The summed E-state index contributed by atoms with van der Waals surface area (Å²) in [6.07, 6.45) is 1.77. The van der Waals surface area contributed by atoms with Gasteiger partial charge in [0.25, 0.3) is 0 Å². The van der Waals surface area contributed by atoms with Gasteiger partial charge in [-0.2, -0.15) is 0 Å². The fraction of sp³-hybridized carbons (Fsp3) is 0.250. The van der Waals surface area contributed by atoms with Crippen molar-refractivity contribution in [2.45, 2.75) is 32.0 Å². The molecule has 2 amide bonds. The fourth-order valence-electron chi connectivity index (χ4n) is 2.62. The second-order valence-electron chi connectivity index (χ2n) is 6.47. The van der Waals surface area contributed by atoms with Crippen molar-refractivity contribution in [1.82, 2.24) is 19.7 Å². The summed E-state index contributed by atoms with van der Waals surface area (Å²) < 4.78 is 1.79. The Morgan fingerprint density at radius 1 is 1.20 bits per heavy atom. The van der Waals surface area contributed by atoms with Gasteiger partial charge in [0.1, 0.15) is 5.82 Å². The number of thioether (sulfide) groups is 1. The van der Waals surface area contributed by atoms with Crippen molar-refractivity contribution in [3.63, 3.8) is 0 Å². The van der Waals surface area contributed by atoms with Crippen molar-refractivity contribution in [3.05, 3.63) is 59.4 Å². The fourth-order valence-corrected chi connectivity index (χ4v) is 4.09. The molecule has 0 aliphatic carbocycles. The van der Waals surface area contributed by atoms with E-state index in [0.717, 1.165) is 16.9 Å². The standard InChI is InChI=1S/C20H22N6O2S2/c1-4-9-26-16(10-17(27)22-15-8-6-5-7-13(15)2)24-25-20(26)30-12-18(28)23-19-21-14(3)11-29-19/h4-8,11H,1,9-10,12H2,2-3H3,(H,22,27)(H,21,23,28). The maximum Gasteiger partial charge on any atom is 0.236 e. The minimum Gasteiger partial charge on any atom is -0.325 e. The molecular formula is C20H22N6O2S2. The van der Waals surface area contributed by atoms with Gasteiger partial charge in [0.05, 0.1) is 17.9 Å². The van der Waals surface area contributed by atoms with Crippen molar-refractivity contribution < 1.29 is 9.59 Å². The van der Waals surface area contributed by atoms with E-state index in [4.69, 9.17) is 0 Å². The molecule has 0 saturated heterocycles. The number of hydrogen-bond acceptors (Lipinski definition) is 7. The number of hydrogen-bond donors (Lipinski definition) is 2. The molecule has 10 heteroatoms. The zero-order valence-electron chi connectivity index (χ0n) is 16.7. The molecular weight excluding hydrogens is 420 g/mol. The average molecular weight is 443 g/mol. The lowest BCUT2D eigenvalue weighted by Crippen LogP contribution is -2.18. The van der Waals surface area contributed by atoms with E-state index in [1.54, 1.807) is 10.6 Å². The number of anilines is 2. The molecule has 0 aliphatic heterocycles. The van der Waals surface area contributed by atoms with Crippen LogP contribution >= 0.6 is 23.1 Å². The smallest absolute Gasteiger partial charge is 0.236 e. The van der Waals surface area contributed by atoms with Gasteiger partial charge in [-0.15, -0.1) is 28.1 Å². The first kappa shape index (κ1) is 21.7. The Bertz CT molecular complexity index is 1060. The Kier molecular flexibility index (Phi) is 7.36. The first-order valence-electron chi connectivity index (χ1n) is 9.19. The van der Waals surface area contributed by atoms with Crippen LogP contribution in [0.3, 0.4) is 0 Å². The van der Waals surface area contributed by atoms with Crippen molar-refractivity contribution >= 4 is 45.7 Å². The number of carbonyl (C=O) groups is 2. The van der Waals surface area contributed by atoms with Gasteiger partial charge < -0.3 is 15.2 Å². The van der Waals surface area contributed by atoms with Crippen LogP contribution in [0.15, 0.2) is 47.5 Å². The summed E-state index contributed by atoms with van der Waals surface area (Å²) in [4.78, 5) is 28.9. The first-order chi connectivity index (χ1) is 14.5. The van der Waals surface area contributed by atoms with Crippen LogP contribution in [0.1, 0.15) is 17.1 Å². The number of carbonyl (C=O) groups excluding carboxylic acids is 2. The van der Waals surface area contributed by atoms with Crippen LogP contribution < -0.4 is 10.6 Å². The second-order valence-corrected chi connectivity index (χ2v) is 8.27. The van der Waals surface area contributed by atoms with E-state index in [2.05, 4.69) is 32.4 Å². The monoisotopic (exact) mass is 442 g/mol. The number of amides is 2. The third kappa shape index (κ3) is 5.77. The first-order valence-corrected chi connectivity index (χ1v) is 11.1. The Balaban J connectivity index is 1.62. The van der Waals surface area contributed by atoms with Crippen LogP contribution in [-0.4, -0.2) is 37.3 Å². The molecule has 3 aromatic rings. The Hall–Kier alpha value is -2.98. The van der Waals surface area contributed by atoms with Gasteiger partial charge in [0, 0.05) is 17.6 Å². The van der Waals surface area contributed by atoms with Gasteiger partial charge >= 0.3 is 0 Å². The van der Waals surface area contributed by atoms with E-state index in [0.29, 0.717) is 22.7 Å². The largest absolute Gasteiger partial charge is 0.325 e. The molecule has 3 rings (SSSR count). The van der Waals surface area contributed by atoms with Gasteiger partial charge in [-0.3, -0.25) is 9.59 Å². The van der Waals surface area contributed by atoms with E-state index in [1.807, 2.05) is 43.5 Å². The highest BCUT2D eigenvalue weighted by atomic mass is 32.2. The quantitative estimate of drug-likeness (QED) is 0.389. The maximum absolute atomic E-state index is 12.5. The molecule has 30 heavy (non-hydrogen) atoms. The lowest BCUT2D eigenvalue weighted by molar-refractivity contribution is -0.116. The van der Waals surface area contributed by atoms with Gasteiger partial charge in [-0.1, -0.05) is 36.0 Å². The zero-order valence-corrected chi connectivity index (χ0v) is 18.3. The summed E-state index contributed by atoms with van der Waals surface area (Å²) in [5, 5.41) is 16.9. The van der Waals surface area contributed by atoms with Crippen LogP contribution in [0.4, 0.5) is 10.8 Å². The summed E-state index contributed by atoms with van der Waals surface area (Å²) in [7, 11) is 0. The van der Waals surface area contributed by atoms with Gasteiger partial charge in [-0.05, 0) is 25.5 Å². The van der Waals surface area contributed by atoms with Crippen molar-refractivity contribution in [3.8, 4) is 0 Å². The van der Waals surface area contributed by atoms with Crippen LogP contribution in [0.25, 0.3) is 0 Å². The number of rotatable bonds is 9. The summed E-state index contributed by atoms with van der Waals surface area (Å²) >= 11 is 2.63. The maximum atomic E-state index is 12.5. The van der Waals surface area contributed by atoms with E-state index in [-0.39, 0.29) is 24.0 Å². The molecule has 0 saturated carbocycles. The highest BCUT2D eigenvalue weighted by Gasteiger charge is 2.17. The summed E-state index contributed by atoms with van der Waals surface area (Å²) in [6.45, 7) is 8.00. The predicted octanol–water partition coefficient (Wildman–Crippen LogP) is 3.45. The Morgan fingerprint density at radius 2 is 2.00 bits per heavy atom. The molecule has 0 bridgehead atoms. The van der Waals surface area contributed by atoms with Crippen LogP contribution in [-0.2, 0) is 22.6 Å². The summed E-state index contributed by atoms with van der Waals surface area (Å²) in [5.74, 6) is 0.305. The minimum atomic E-state index is -0.185. The highest BCUT2D eigenvalue weighted by molar-refractivity contribution is 7.99. The van der Waals surface area contributed by atoms with Crippen LogP contribution in [0.5, 0.6) is 0 Å². The topological polar surface area (TPSA) is 102 Å². The molecule has 2 heterocycles. The number of aromatic nitrogens is 4. The molecule has 0 atom stereocenters. The van der Waals surface area contributed by atoms with Crippen molar-refractivity contribution in [2.75, 3.05) is 16.4 Å². The number of aryl methyl sites for hydroxylation is 2. The Labute approximate surface area is 182 Å². The minimum absolute atomic E-state index is 0.0698. The molecule has 1 aromatic carbocycles. The zero-order chi connectivity index (χ0) is 21.5. The highest BCUT2D eigenvalue weighted by Crippen LogP contribution is 2.20. The molecule has 156 valence electrons. The molecule has 0 aliphatic rings. The van der Waals surface area contributed by atoms with Gasteiger partial charge in [0.15, 0.2) is 10.3 Å². The average Bonchev–Trinajstić information content (AvgIpc) is 3.28. The number of nitrogens with zero attached hydrogens (tertiary/aromatic N) is 4. The lowest BCUT2D eigenvalue weighted by atomic mass is 10.2. The molecule has 0 unspecified atom stereocenters. The van der Waals surface area contributed by atoms with Crippen molar-refractivity contribution in [2.24, 2.45) is 0 Å². The SMILES string of the molecule is C=CCn1c(CC(=O)Nc2ccccc2C)nnc1SCC(=O)Nc1nc(C)cs1. The van der Waals surface area contributed by atoms with Crippen molar-refractivity contribution in [1.29, 1.82) is 0 Å². The number of allylic oxidation sites excluding steroid dienone is 1. The Morgan fingerprint density at radius 3 is 2.70 bits per heavy atom. The molecule has 0 radical (unpaired) electrons. The van der Waals surface area contributed by atoms with Gasteiger partial charge in [-0.25, -0.2) is 4.98 Å². The number of benzene rings is 1. The molecule has 8 nitrogen and oxygen atoms in total. The van der Waals surface area contributed by atoms with Crippen LogP contribution in [0, 0.1) is 13.8 Å². The molecule has 0 fully saturated rings. The van der Waals surface area contributed by atoms with Crippen LogP contribution in [0.2, 0.25) is 0 Å². The summed E-state index contributed by atoms with van der Waals surface area (Å²) in [6, 6.07) is 7.57. The second kappa shape index (κ2) is 10.2. The number of nitrogens with one attached hydrogen (secondary N) is 2. The van der Waals surface area contributed by atoms with E-state index >= 15 is 0 Å². The number of para-hydroxylation sites is 1. The predicted molar refractivity (Wildman–Crippen MR) is 120 cm³/mol. The normalized spacial score (nSPS) is 10.6. The van der Waals surface area contributed by atoms with E-state index in [1.165, 1.54) is 23.1 Å². The summed E-state index contributed by atoms with van der Waals surface area (Å²) in [5.41, 5.74) is 2.61. The third-order valence-electron chi connectivity index (χ3n) is 4.04. The van der Waals surface area contributed by atoms with E-state index < -0.39 is 0 Å². The third-order valence-corrected chi connectivity index (χ3v) is 5.88. The lowest BCUT2D eigenvalue weighted by Gasteiger charge is -2.09. The molecule has 2 aromatic heterocycles.